The average molecular weight is 212 g/mol. The number of hydrogen-bond acceptors (Lipinski definition) is 3. The third-order valence-electron chi connectivity index (χ3n) is 1.55. The Balaban J connectivity index is 2.90. The first-order valence-corrected chi connectivity index (χ1v) is 5.78. The summed E-state index contributed by atoms with van der Waals surface area (Å²) in [6, 6.07) is 6.03. The molecule has 1 amide bonds. The molecule has 0 aliphatic carbocycles. The highest BCUT2D eigenvalue weighted by Gasteiger charge is 2.06. The van der Waals surface area contributed by atoms with E-state index in [1.54, 1.807) is 0 Å². The lowest BCUT2D eigenvalue weighted by Crippen LogP contribution is -2.10. The third kappa shape index (κ3) is 3.18. The highest BCUT2D eigenvalue weighted by molar-refractivity contribution is 7.92. The zero-order chi connectivity index (χ0) is 10.8. The Hall–Kier alpha value is -1.36. The maximum absolute atomic E-state index is 10.9. The number of rotatable bonds is 3. The summed E-state index contributed by atoms with van der Waals surface area (Å²) in [6.07, 6.45) is 1.11. The maximum Gasteiger partial charge on any atom is 0.248 e. The lowest BCUT2D eigenvalue weighted by Gasteiger charge is -1.99. The van der Waals surface area contributed by atoms with Crippen molar-refractivity contribution in [2.75, 3.05) is 6.26 Å². The zero-order valence-corrected chi connectivity index (χ0v) is 8.41. The maximum atomic E-state index is 10.9. The molecule has 0 unspecified atom stereocenters. The predicted octanol–water partition coefficient (Wildman–Crippen LogP) is 0.340. The standard InChI is InChI=1S/C9H10NO3S/c1-14(12,13)6-7-2-4-8(5-3-7)9(10)11/h2-6H,1H3,(H2,10,11). The van der Waals surface area contributed by atoms with E-state index in [0.29, 0.717) is 11.1 Å². The lowest BCUT2D eigenvalue weighted by atomic mass is 10.1. The van der Waals surface area contributed by atoms with Gasteiger partial charge >= 0.3 is 0 Å². The molecule has 75 valence electrons. The molecule has 1 rings (SSSR count). The number of amides is 1. The number of benzene rings is 1. The first-order valence-electron chi connectivity index (χ1n) is 3.83. The largest absolute Gasteiger partial charge is 0.366 e. The minimum Gasteiger partial charge on any atom is -0.366 e. The molecule has 0 aliphatic heterocycles. The van der Waals surface area contributed by atoms with Gasteiger partial charge in [-0.25, -0.2) is 8.42 Å². The van der Waals surface area contributed by atoms with Crippen molar-refractivity contribution in [3.05, 3.63) is 41.1 Å². The van der Waals surface area contributed by atoms with Gasteiger partial charge in [0.25, 0.3) is 0 Å². The Bertz CT molecular complexity index is 434. The molecule has 0 saturated heterocycles. The minimum absolute atomic E-state index is 0.357. The Morgan fingerprint density at radius 1 is 1.29 bits per heavy atom. The van der Waals surface area contributed by atoms with Crippen LogP contribution in [-0.2, 0) is 9.84 Å². The van der Waals surface area contributed by atoms with Gasteiger partial charge in [0, 0.05) is 11.8 Å². The van der Waals surface area contributed by atoms with Gasteiger partial charge in [0.15, 0.2) is 9.84 Å². The van der Waals surface area contributed by atoms with Crippen molar-refractivity contribution in [3.8, 4) is 0 Å². The molecule has 0 bridgehead atoms. The number of primary amides is 1. The van der Waals surface area contributed by atoms with E-state index >= 15 is 0 Å². The lowest BCUT2D eigenvalue weighted by molar-refractivity contribution is 0.100. The summed E-state index contributed by atoms with van der Waals surface area (Å²) in [4.78, 5) is 10.7. The van der Waals surface area contributed by atoms with Crippen LogP contribution in [0.5, 0.6) is 0 Å². The molecule has 4 nitrogen and oxygen atoms in total. The van der Waals surface area contributed by atoms with Crippen molar-refractivity contribution in [1.82, 2.24) is 0 Å². The zero-order valence-electron chi connectivity index (χ0n) is 7.60. The normalized spacial score (nSPS) is 11.2. The highest BCUT2D eigenvalue weighted by Crippen LogP contribution is 2.08. The molecule has 0 aromatic heterocycles. The van der Waals surface area contributed by atoms with Gasteiger partial charge in [-0.05, 0) is 17.7 Å². The van der Waals surface area contributed by atoms with Crippen LogP contribution in [0, 0.1) is 5.75 Å². The summed E-state index contributed by atoms with van der Waals surface area (Å²) < 4.78 is 21.7. The SMILES string of the molecule is CS(=O)(=O)[CH]c1ccc(C(N)=O)cc1. The summed E-state index contributed by atoms with van der Waals surface area (Å²) in [7, 11) is -3.15. The van der Waals surface area contributed by atoms with E-state index in [-0.39, 0.29) is 0 Å². The van der Waals surface area contributed by atoms with E-state index in [0.717, 1.165) is 12.0 Å². The predicted molar refractivity (Wildman–Crippen MR) is 53.2 cm³/mol. The fourth-order valence-electron chi connectivity index (χ4n) is 0.973. The topological polar surface area (TPSA) is 77.2 Å². The monoisotopic (exact) mass is 212 g/mol. The number of hydrogen-bond donors (Lipinski definition) is 1. The van der Waals surface area contributed by atoms with Crippen LogP contribution >= 0.6 is 0 Å². The molecule has 2 N–H and O–H groups in total. The molecular formula is C9H10NO3S. The van der Waals surface area contributed by atoms with Gasteiger partial charge in [-0.2, -0.15) is 0 Å². The number of nitrogens with two attached hydrogens (primary N) is 1. The number of carbonyl (C=O) groups is 1. The second-order valence-corrected chi connectivity index (χ2v) is 4.83. The molecular weight excluding hydrogens is 202 g/mol. The summed E-state index contributed by atoms with van der Waals surface area (Å²) in [6.45, 7) is 0. The molecule has 0 saturated carbocycles. The van der Waals surface area contributed by atoms with Crippen molar-refractivity contribution in [3.63, 3.8) is 0 Å². The van der Waals surface area contributed by atoms with Crippen LogP contribution in [0.3, 0.4) is 0 Å². The molecule has 5 heteroatoms. The van der Waals surface area contributed by atoms with Crippen molar-refractivity contribution in [1.29, 1.82) is 0 Å². The highest BCUT2D eigenvalue weighted by atomic mass is 32.2. The van der Waals surface area contributed by atoms with Gasteiger partial charge in [-0.3, -0.25) is 4.79 Å². The summed E-state index contributed by atoms with van der Waals surface area (Å²) in [5, 5.41) is 0. The van der Waals surface area contributed by atoms with Gasteiger partial charge in [-0.1, -0.05) is 12.1 Å². The van der Waals surface area contributed by atoms with Crippen LogP contribution < -0.4 is 5.73 Å². The van der Waals surface area contributed by atoms with Gasteiger partial charge in [0.1, 0.15) is 5.75 Å². The fourth-order valence-corrected chi connectivity index (χ4v) is 1.62. The molecule has 0 heterocycles. The quantitative estimate of drug-likeness (QED) is 0.784. The molecule has 0 spiro atoms. The third-order valence-corrected chi connectivity index (χ3v) is 2.25. The molecule has 0 fully saturated rings. The minimum atomic E-state index is -3.15. The summed E-state index contributed by atoms with van der Waals surface area (Å²) in [5.74, 6) is 0.591. The van der Waals surface area contributed by atoms with Crippen LogP contribution in [0.25, 0.3) is 0 Å². The first-order chi connectivity index (χ1) is 6.38. The summed E-state index contributed by atoms with van der Waals surface area (Å²) >= 11 is 0. The van der Waals surface area contributed by atoms with Crippen LogP contribution in [0.4, 0.5) is 0 Å². The van der Waals surface area contributed by atoms with E-state index in [1.807, 2.05) is 0 Å². The summed E-state index contributed by atoms with van der Waals surface area (Å²) in [5.41, 5.74) is 5.91. The molecule has 0 aliphatic rings. The van der Waals surface area contributed by atoms with E-state index in [4.69, 9.17) is 5.73 Å². The van der Waals surface area contributed by atoms with Crippen molar-refractivity contribution in [2.45, 2.75) is 0 Å². The van der Waals surface area contributed by atoms with Crippen molar-refractivity contribution in [2.24, 2.45) is 5.73 Å². The second-order valence-electron chi connectivity index (χ2n) is 2.93. The molecule has 0 atom stereocenters. The number of sulfone groups is 1. The second kappa shape index (κ2) is 3.79. The Labute approximate surface area is 82.7 Å². The fraction of sp³-hybridized carbons (Fsp3) is 0.111. The van der Waals surface area contributed by atoms with Crippen molar-refractivity contribution < 1.29 is 13.2 Å². The number of carbonyl (C=O) groups excluding carboxylic acids is 1. The Kier molecular flexibility index (Phi) is 2.90. The van der Waals surface area contributed by atoms with Crippen molar-refractivity contribution >= 4 is 15.7 Å². The van der Waals surface area contributed by atoms with E-state index in [2.05, 4.69) is 0 Å². The van der Waals surface area contributed by atoms with Gasteiger partial charge in [-0.15, -0.1) is 0 Å². The smallest absolute Gasteiger partial charge is 0.248 e. The Morgan fingerprint density at radius 2 is 1.79 bits per heavy atom. The van der Waals surface area contributed by atoms with Gasteiger partial charge in [0.2, 0.25) is 5.91 Å². The van der Waals surface area contributed by atoms with Gasteiger partial charge in [0.05, 0.1) is 0 Å². The van der Waals surface area contributed by atoms with E-state index < -0.39 is 15.7 Å². The van der Waals surface area contributed by atoms with Crippen LogP contribution in [0.2, 0.25) is 0 Å². The van der Waals surface area contributed by atoms with Gasteiger partial charge < -0.3 is 5.73 Å². The van der Waals surface area contributed by atoms with Crippen LogP contribution in [0.1, 0.15) is 15.9 Å². The molecule has 14 heavy (non-hydrogen) atoms. The van der Waals surface area contributed by atoms with Crippen LogP contribution in [0.15, 0.2) is 24.3 Å². The van der Waals surface area contributed by atoms with E-state index in [9.17, 15) is 13.2 Å². The molecule has 1 aromatic rings. The first kappa shape index (κ1) is 10.7. The van der Waals surface area contributed by atoms with E-state index in [1.165, 1.54) is 24.3 Å². The molecule has 1 radical (unpaired) electrons. The molecule has 1 aromatic carbocycles. The van der Waals surface area contributed by atoms with Crippen LogP contribution in [-0.4, -0.2) is 20.6 Å². The Morgan fingerprint density at radius 3 is 2.14 bits per heavy atom. The average Bonchev–Trinajstić information content (AvgIpc) is 2.02.